The van der Waals surface area contributed by atoms with Gasteiger partial charge in [-0.05, 0) is 48.9 Å². The quantitative estimate of drug-likeness (QED) is 0.738. The first-order valence-corrected chi connectivity index (χ1v) is 8.05. The van der Waals surface area contributed by atoms with Gasteiger partial charge in [0.15, 0.2) is 11.9 Å². The number of ether oxygens (including phenoxy) is 1. The molecule has 0 fully saturated rings. The molecule has 3 aromatic rings. The Labute approximate surface area is 150 Å². The van der Waals surface area contributed by atoms with Crippen LogP contribution in [-0.4, -0.2) is 26.8 Å². The molecule has 0 spiro atoms. The van der Waals surface area contributed by atoms with Gasteiger partial charge in [0, 0.05) is 25.1 Å². The van der Waals surface area contributed by atoms with Gasteiger partial charge in [-0.25, -0.2) is 9.67 Å². The molecular weight excluding hydrogens is 330 g/mol. The summed E-state index contributed by atoms with van der Waals surface area (Å²) in [5, 5.41) is 15.7. The number of carbonyl (C=O) groups is 1. The van der Waals surface area contributed by atoms with E-state index in [0.717, 1.165) is 5.56 Å². The molecule has 2 heterocycles. The zero-order valence-electron chi connectivity index (χ0n) is 14.2. The normalized spacial score (nSPS) is 11.4. The number of pyridine rings is 1. The van der Waals surface area contributed by atoms with E-state index in [2.05, 4.69) is 15.4 Å². The van der Waals surface area contributed by atoms with Gasteiger partial charge in [0.1, 0.15) is 5.75 Å². The molecule has 1 amide bonds. The van der Waals surface area contributed by atoms with Crippen molar-refractivity contribution in [2.45, 2.75) is 19.6 Å². The lowest BCUT2D eigenvalue weighted by molar-refractivity contribution is -0.127. The van der Waals surface area contributed by atoms with Crippen LogP contribution in [0.3, 0.4) is 0 Å². The molecule has 0 saturated heterocycles. The molecule has 0 unspecified atom stereocenters. The van der Waals surface area contributed by atoms with Crippen molar-refractivity contribution in [2.24, 2.45) is 0 Å². The number of amides is 1. The molecule has 7 heteroatoms. The molecule has 1 atom stereocenters. The first-order valence-electron chi connectivity index (χ1n) is 8.05. The first-order chi connectivity index (χ1) is 12.7. The van der Waals surface area contributed by atoms with Gasteiger partial charge in [-0.15, -0.1) is 0 Å². The van der Waals surface area contributed by atoms with Gasteiger partial charge < -0.3 is 10.1 Å². The van der Waals surface area contributed by atoms with Crippen LogP contribution in [0.2, 0.25) is 0 Å². The predicted octanol–water partition coefficient (Wildman–Crippen LogP) is 2.22. The van der Waals surface area contributed by atoms with Crippen molar-refractivity contribution < 1.29 is 9.53 Å². The third kappa shape index (κ3) is 4.24. The standard InChI is InChI=1S/C19H17N5O2/c1-14(26-17-6-3-15(11-20)4-7-17)19(25)22-13-16-5-8-18(21-12-16)24-10-2-9-23-24/h2-10,12,14H,13H2,1H3,(H,22,25)/t14-/m1/s1. The van der Waals surface area contributed by atoms with Crippen LogP contribution in [0.15, 0.2) is 61.1 Å². The Morgan fingerprint density at radius 3 is 2.73 bits per heavy atom. The predicted molar refractivity (Wildman–Crippen MR) is 94.5 cm³/mol. The second kappa shape index (κ2) is 7.94. The number of nitrogens with zero attached hydrogens (tertiary/aromatic N) is 4. The van der Waals surface area contributed by atoms with E-state index in [-0.39, 0.29) is 5.91 Å². The molecule has 0 radical (unpaired) electrons. The summed E-state index contributed by atoms with van der Waals surface area (Å²) in [7, 11) is 0. The number of hydrogen-bond donors (Lipinski definition) is 1. The van der Waals surface area contributed by atoms with Crippen molar-refractivity contribution in [3.05, 3.63) is 72.2 Å². The molecule has 3 rings (SSSR count). The third-order valence-corrected chi connectivity index (χ3v) is 3.68. The zero-order chi connectivity index (χ0) is 18.4. The third-order valence-electron chi connectivity index (χ3n) is 3.68. The van der Waals surface area contributed by atoms with Gasteiger partial charge in [-0.2, -0.15) is 10.4 Å². The lowest BCUT2D eigenvalue weighted by atomic mass is 10.2. The molecule has 0 aliphatic heterocycles. The number of nitrogens with one attached hydrogen (secondary N) is 1. The fourth-order valence-electron chi connectivity index (χ4n) is 2.26. The van der Waals surface area contributed by atoms with E-state index >= 15 is 0 Å². The van der Waals surface area contributed by atoms with Crippen molar-refractivity contribution in [3.63, 3.8) is 0 Å². The van der Waals surface area contributed by atoms with E-state index in [0.29, 0.717) is 23.7 Å². The van der Waals surface area contributed by atoms with Crippen LogP contribution in [0.25, 0.3) is 5.82 Å². The highest BCUT2D eigenvalue weighted by Crippen LogP contribution is 2.13. The maximum absolute atomic E-state index is 12.2. The SMILES string of the molecule is C[C@@H](Oc1ccc(C#N)cc1)C(=O)NCc1ccc(-n2cccn2)nc1. The van der Waals surface area contributed by atoms with Crippen LogP contribution < -0.4 is 10.1 Å². The smallest absolute Gasteiger partial charge is 0.261 e. The molecule has 0 saturated carbocycles. The minimum atomic E-state index is -0.653. The van der Waals surface area contributed by atoms with E-state index < -0.39 is 6.10 Å². The van der Waals surface area contributed by atoms with E-state index in [1.807, 2.05) is 30.5 Å². The van der Waals surface area contributed by atoms with Gasteiger partial charge in [0.25, 0.3) is 5.91 Å². The number of aromatic nitrogens is 3. The fraction of sp³-hybridized carbons (Fsp3) is 0.158. The average Bonchev–Trinajstić information content (AvgIpc) is 3.22. The Morgan fingerprint density at radius 2 is 2.12 bits per heavy atom. The van der Waals surface area contributed by atoms with Crippen LogP contribution >= 0.6 is 0 Å². The second-order valence-corrected chi connectivity index (χ2v) is 5.59. The van der Waals surface area contributed by atoms with E-state index in [9.17, 15) is 4.79 Å². The molecule has 1 aromatic carbocycles. The molecule has 1 N–H and O–H groups in total. The van der Waals surface area contributed by atoms with Gasteiger partial charge in [0.05, 0.1) is 11.6 Å². The summed E-state index contributed by atoms with van der Waals surface area (Å²) in [6.07, 6.45) is 4.54. The summed E-state index contributed by atoms with van der Waals surface area (Å²) < 4.78 is 7.25. The fourth-order valence-corrected chi connectivity index (χ4v) is 2.26. The molecule has 130 valence electrons. The largest absolute Gasteiger partial charge is 0.481 e. The minimum absolute atomic E-state index is 0.231. The van der Waals surface area contributed by atoms with Gasteiger partial charge in [0.2, 0.25) is 0 Å². The number of benzene rings is 1. The van der Waals surface area contributed by atoms with Crippen LogP contribution in [0.4, 0.5) is 0 Å². The van der Waals surface area contributed by atoms with Crippen molar-refractivity contribution in [1.82, 2.24) is 20.1 Å². The van der Waals surface area contributed by atoms with E-state index in [1.54, 1.807) is 48.3 Å². The molecule has 0 aliphatic rings. The molecule has 0 bridgehead atoms. The number of nitriles is 1. The summed E-state index contributed by atoms with van der Waals surface area (Å²) in [5.74, 6) is 1.02. The Hall–Kier alpha value is -3.66. The number of hydrogen-bond acceptors (Lipinski definition) is 5. The highest BCUT2D eigenvalue weighted by molar-refractivity contribution is 5.80. The number of carbonyl (C=O) groups excluding carboxylic acids is 1. The second-order valence-electron chi connectivity index (χ2n) is 5.59. The maximum Gasteiger partial charge on any atom is 0.261 e. The highest BCUT2D eigenvalue weighted by Gasteiger charge is 2.14. The summed E-state index contributed by atoms with van der Waals surface area (Å²) in [5.41, 5.74) is 1.42. The summed E-state index contributed by atoms with van der Waals surface area (Å²) in [6.45, 7) is 2.03. The molecule has 7 nitrogen and oxygen atoms in total. The molecule has 0 aliphatic carbocycles. The van der Waals surface area contributed by atoms with Crippen LogP contribution in [0.5, 0.6) is 5.75 Å². The Kier molecular flexibility index (Phi) is 5.25. The Balaban J connectivity index is 1.52. The lowest BCUT2D eigenvalue weighted by Crippen LogP contribution is -2.35. The lowest BCUT2D eigenvalue weighted by Gasteiger charge is -2.14. The summed E-state index contributed by atoms with van der Waals surface area (Å²) in [4.78, 5) is 16.5. The van der Waals surface area contributed by atoms with E-state index in [4.69, 9.17) is 10.00 Å². The average molecular weight is 347 g/mol. The van der Waals surface area contributed by atoms with Gasteiger partial charge in [-0.3, -0.25) is 4.79 Å². The number of rotatable bonds is 6. The first kappa shape index (κ1) is 17.2. The minimum Gasteiger partial charge on any atom is -0.481 e. The van der Waals surface area contributed by atoms with Crippen molar-refractivity contribution in [3.8, 4) is 17.6 Å². The molecule has 26 heavy (non-hydrogen) atoms. The van der Waals surface area contributed by atoms with Crippen molar-refractivity contribution in [2.75, 3.05) is 0 Å². The van der Waals surface area contributed by atoms with Gasteiger partial charge in [-0.1, -0.05) is 6.07 Å². The Bertz CT molecular complexity index is 897. The summed E-state index contributed by atoms with van der Waals surface area (Å²) in [6, 6.07) is 14.2. The Morgan fingerprint density at radius 1 is 1.31 bits per heavy atom. The maximum atomic E-state index is 12.2. The van der Waals surface area contributed by atoms with Crippen LogP contribution in [-0.2, 0) is 11.3 Å². The highest BCUT2D eigenvalue weighted by atomic mass is 16.5. The topological polar surface area (TPSA) is 92.8 Å². The van der Waals surface area contributed by atoms with Crippen LogP contribution in [0, 0.1) is 11.3 Å². The van der Waals surface area contributed by atoms with Crippen molar-refractivity contribution >= 4 is 5.91 Å². The van der Waals surface area contributed by atoms with E-state index in [1.165, 1.54) is 0 Å². The molecular formula is C19H17N5O2. The molecule has 2 aromatic heterocycles. The van der Waals surface area contributed by atoms with Crippen LogP contribution in [0.1, 0.15) is 18.1 Å². The summed E-state index contributed by atoms with van der Waals surface area (Å²) >= 11 is 0. The van der Waals surface area contributed by atoms with Gasteiger partial charge >= 0.3 is 0 Å². The zero-order valence-corrected chi connectivity index (χ0v) is 14.2. The van der Waals surface area contributed by atoms with Crippen molar-refractivity contribution in [1.29, 1.82) is 5.26 Å². The monoisotopic (exact) mass is 347 g/mol.